The van der Waals surface area contributed by atoms with Crippen molar-refractivity contribution in [2.75, 3.05) is 18.0 Å². The largest absolute Gasteiger partial charge is 0.355 e. The molecular weight excluding hydrogens is 390 g/mol. The minimum atomic E-state index is -0.0132. The van der Waals surface area contributed by atoms with Gasteiger partial charge < -0.3 is 14.7 Å². The number of nitrogens with one attached hydrogen (secondary N) is 1. The second-order valence-electron chi connectivity index (χ2n) is 9.03. The molecular formula is C24H31N5O2. The first-order chi connectivity index (χ1) is 14.9. The van der Waals surface area contributed by atoms with Crippen LogP contribution in [0.1, 0.15) is 49.3 Å². The number of rotatable bonds is 6. The Morgan fingerprint density at radius 3 is 2.71 bits per heavy atom. The fourth-order valence-electron chi connectivity index (χ4n) is 4.52. The van der Waals surface area contributed by atoms with E-state index >= 15 is 0 Å². The number of fused-ring (bicyclic) bond motifs is 1. The monoisotopic (exact) mass is 421 g/mol. The number of carbonyl (C=O) groups excluding carboxylic acids is 1. The third-order valence-corrected chi connectivity index (χ3v) is 5.85. The molecule has 0 aliphatic carbocycles. The van der Waals surface area contributed by atoms with Crippen LogP contribution in [-0.4, -0.2) is 34.1 Å². The van der Waals surface area contributed by atoms with Crippen molar-refractivity contribution in [1.82, 2.24) is 20.4 Å². The van der Waals surface area contributed by atoms with Crippen molar-refractivity contribution in [2.45, 2.75) is 53.5 Å². The van der Waals surface area contributed by atoms with Gasteiger partial charge in [0.1, 0.15) is 17.0 Å². The van der Waals surface area contributed by atoms with E-state index in [1.54, 1.807) is 0 Å². The van der Waals surface area contributed by atoms with Crippen LogP contribution < -0.4 is 10.2 Å². The van der Waals surface area contributed by atoms with Crippen LogP contribution in [-0.2, 0) is 17.8 Å². The minimum Gasteiger partial charge on any atom is -0.355 e. The van der Waals surface area contributed by atoms with Crippen LogP contribution >= 0.6 is 0 Å². The topological polar surface area (TPSA) is 84.2 Å². The summed E-state index contributed by atoms with van der Waals surface area (Å²) < 4.78 is 5.47. The van der Waals surface area contributed by atoms with Gasteiger partial charge in [-0.15, -0.1) is 0 Å². The van der Waals surface area contributed by atoms with Crippen LogP contribution in [0, 0.1) is 25.7 Å². The zero-order valence-electron chi connectivity index (χ0n) is 18.8. The van der Waals surface area contributed by atoms with Crippen molar-refractivity contribution in [3.05, 3.63) is 46.9 Å². The summed E-state index contributed by atoms with van der Waals surface area (Å²) in [7, 11) is 0. The van der Waals surface area contributed by atoms with E-state index in [2.05, 4.69) is 40.3 Å². The maximum atomic E-state index is 12.4. The van der Waals surface area contributed by atoms with E-state index in [1.807, 2.05) is 32.0 Å². The highest BCUT2D eigenvalue weighted by Crippen LogP contribution is 2.31. The predicted octanol–water partition coefficient (Wildman–Crippen LogP) is 3.97. The van der Waals surface area contributed by atoms with Crippen molar-refractivity contribution < 1.29 is 9.32 Å². The quantitative estimate of drug-likeness (QED) is 0.648. The van der Waals surface area contributed by atoms with E-state index in [9.17, 15) is 4.79 Å². The average molecular weight is 422 g/mol. The smallest absolute Gasteiger partial charge is 0.263 e. The summed E-state index contributed by atoms with van der Waals surface area (Å²) in [6.07, 6.45) is 2.01. The number of carbonyl (C=O) groups is 1. The van der Waals surface area contributed by atoms with Crippen LogP contribution in [0.25, 0.3) is 11.1 Å². The van der Waals surface area contributed by atoms with Gasteiger partial charge >= 0.3 is 0 Å². The lowest BCUT2D eigenvalue weighted by Crippen LogP contribution is -2.39. The Labute approximate surface area is 183 Å². The summed E-state index contributed by atoms with van der Waals surface area (Å²) >= 11 is 0. The second-order valence-corrected chi connectivity index (χ2v) is 9.03. The Kier molecular flexibility index (Phi) is 6.20. The molecule has 1 aliphatic heterocycles. The number of hydrogen-bond donors (Lipinski definition) is 1. The summed E-state index contributed by atoms with van der Waals surface area (Å²) in [6, 6.07) is 8.15. The minimum absolute atomic E-state index is 0.0132. The van der Waals surface area contributed by atoms with Gasteiger partial charge in [-0.3, -0.25) is 4.79 Å². The van der Waals surface area contributed by atoms with Crippen LogP contribution in [0.5, 0.6) is 0 Å². The molecule has 0 saturated carbocycles. The van der Waals surface area contributed by atoms with Crippen molar-refractivity contribution >= 4 is 22.8 Å². The van der Waals surface area contributed by atoms with E-state index in [-0.39, 0.29) is 5.91 Å². The van der Waals surface area contributed by atoms with E-state index in [4.69, 9.17) is 9.51 Å². The third-order valence-electron chi connectivity index (χ3n) is 5.85. The highest BCUT2D eigenvalue weighted by Gasteiger charge is 2.27. The van der Waals surface area contributed by atoms with Crippen molar-refractivity contribution in [2.24, 2.45) is 11.8 Å². The molecule has 3 heterocycles. The fourth-order valence-corrected chi connectivity index (χ4v) is 4.52. The van der Waals surface area contributed by atoms with Crippen molar-refractivity contribution in [3.8, 4) is 0 Å². The summed E-state index contributed by atoms with van der Waals surface area (Å²) in [4.78, 5) is 24.1. The molecule has 4 rings (SSSR count). The number of amides is 1. The van der Waals surface area contributed by atoms with Gasteiger partial charge in [-0.1, -0.05) is 48.8 Å². The lowest BCUT2D eigenvalue weighted by atomic mass is 9.92. The molecule has 0 bridgehead atoms. The molecule has 1 aromatic carbocycles. The van der Waals surface area contributed by atoms with Gasteiger partial charge in [-0.05, 0) is 37.7 Å². The van der Waals surface area contributed by atoms with Gasteiger partial charge in [0, 0.05) is 32.5 Å². The van der Waals surface area contributed by atoms with Crippen molar-refractivity contribution in [1.29, 1.82) is 0 Å². The van der Waals surface area contributed by atoms with Gasteiger partial charge in [0.15, 0.2) is 0 Å². The summed E-state index contributed by atoms with van der Waals surface area (Å²) in [5.41, 5.74) is 3.59. The molecule has 2 atom stereocenters. The number of benzene rings is 1. The average Bonchev–Trinajstić information content (AvgIpc) is 3.10. The van der Waals surface area contributed by atoms with Crippen LogP contribution in [0.15, 0.2) is 28.8 Å². The van der Waals surface area contributed by atoms with Gasteiger partial charge in [0.25, 0.3) is 5.71 Å². The van der Waals surface area contributed by atoms with E-state index in [1.165, 1.54) is 12.0 Å². The molecule has 3 aromatic rings. The highest BCUT2D eigenvalue weighted by atomic mass is 16.5. The zero-order valence-corrected chi connectivity index (χ0v) is 18.8. The maximum absolute atomic E-state index is 12.4. The van der Waals surface area contributed by atoms with Crippen LogP contribution in [0.3, 0.4) is 0 Å². The van der Waals surface area contributed by atoms with Gasteiger partial charge in [0.05, 0.1) is 5.69 Å². The predicted molar refractivity (Wildman–Crippen MR) is 121 cm³/mol. The number of aryl methyl sites for hydroxylation is 3. The fraction of sp³-hybridized carbons (Fsp3) is 0.500. The van der Waals surface area contributed by atoms with E-state index in [0.717, 1.165) is 35.6 Å². The Morgan fingerprint density at radius 2 is 1.97 bits per heavy atom. The van der Waals surface area contributed by atoms with Gasteiger partial charge in [0.2, 0.25) is 5.91 Å². The number of anilines is 1. The van der Waals surface area contributed by atoms with E-state index < -0.39 is 0 Å². The maximum Gasteiger partial charge on any atom is 0.263 e. The first kappa shape index (κ1) is 21.3. The number of hydrogen-bond acceptors (Lipinski definition) is 6. The molecule has 0 spiro atoms. The molecule has 1 amide bonds. The molecule has 0 unspecified atom stereocenters. The molecule has 2 aromatic heterocycles. The molecule has 1 saturated heterocycles. The van der Waals surface area contributed by atoms with Gasteiger partial charge in [-0.25, -0.2) is 4.98 Å². The molecule has 1 aliphatic rings. The SMILES string of the molecule is Cc1cccc(CNC(=O)CCc2nc(N3C[C@@H](C)C[C@H](C)C3)c3c(C)noc3n2)c1. The Hall–Kier alpha value is -2.96. The lowest BCUT2D eigenvalue weighted by molar-refractivity contribution is -0.121. The Balaban J connectivity index is 1.47. The molecule has 0 radical (unpaired) electrons. The summed E-state index contributed by atoms with van der Waals surface area (Å²) in [6.45, 7) is 11.0. The molecule has 1 N–H and O–H groups in total. The number of piperidine rings is 1. The second kappa shape index (κ2) is 9.04. The number of nitrogens with zero attached hydrogens (tertiary/aromatic N) is 4. The molecule has 31 heavy (non-hydrogen) atoms. The Morgan fingerprint density at radius 1 is 1.19 bits per heavy atom. The standard InChI is InChI=1S/C24H31N5O2/c1-15-6-5-7-19(11-15)12-25-21(30)9-8-20-26-23(22-18(4)28-31-24(22)27-20)29-13-16(2)10-17(3)14-29/h5-7,11,16-17H,8-10,12-14H2,1-4H3,(H,25,30)/t16-,17-/m0/s1. The van der Waals surface area contributed by atoms with Crippen LogP contribution in [0.2, 0.25) is 0 Å². The molecule has 1 fully saturated rings. The molecule has 7 nitrogen and oxygen atoms in total. The summed E-state index contributed by atoms with van der Waals surface area (Å²) in [5.74, 6) is 2.70. The number of aromatic nitrogens is 3. The summed E-state index contributed by atoms with van der Waals surface area (Å²) in [5, 5.41) is 7.98. The zero-order chi connectivity index (χ0) is 22.0. The highest BCUT2D eigenvalue weighted by molar-refractivity contribution is 5.88. The Bertz CT molecular complexity index is 1070. The van der Waals surface area contributed by atoms with E-state index in [0.29, 0.717) is 42.8 Å². The van der Waals surface area contributed by atoms with Crippen LogP contribution in [0.4, 0.5) is 5.82 Å². The lowest BCUT2D eigenvalue weighted by Gasteiger charge is -2.36. The first-order valence-corrected chi connectivity index (χ1v) is 11.1. The van der Waals surface area contributed by atoms with Crippen molar-refractivity contribution in [3.63, 3.8) is 0 Å². The third kappa shape index (κ3) is 5.03. The first-order valence-electron chi connectivity index (χ1n) is 11.1. The molecule has 164 valence electrons. The molecule has 7 heteroatoms. The van der Waals surface area contributed by atoms with Gasteiger partial charge in [-0.2, -0.15) is 4.98 Å². The normalized spacial score (nSPS) is 19.0.